The van der Waals surface area contributed by atoms with Crippen LogP contribution in [-0.2, 0) is 14.3 Å². The summed E-state index contributed by atoms with van der Waals surface area (Å²) in [7, 11) is 1.36. The minimum Gasteiger partial charge on any atom is -0.469 e. The largest absolute Gasteiger partial charge is 0.469 e. The normalized spacial score (nSPS) is 22.4. The molecule has 110 valence electrons. The van der Waals surface area contributed by atoms with Crippen LogP contribution in [0.5, 0.6) is 0 Å². The topological polar surface area (TPSA) is 67.4 Å². The number of piperidine rings is 1. The number of esters is 1. The second-order valence-corrected chi connectivity index (χ2v) is 5.54. The van der Waals surface area contributed by atoms with Crippen LogP contribution in [0.1, 0.15) is 39.5 Å². The average molecular weight is 270 g/mol. The lowest BCUT2D eigenvalue weighted by molar-refractivity contribution is -0.141. The van der Waals surface area contributed by atoms with E-state index in [-0.39, 0.29) is 24.3 Å². The van der Waals surface area contributed by atoms with Gasteiger partial charge in [-0.1, -0.05) is 6.92 Å². The Labute approximate surface area is 115 Å². The molecule has 0 radical (unpaired) electrons. The van der Waals surface area contributed by atoms with Gasteiger partial charge in [0, 0.05) is 12.5 Å². The van der Waals surface area contributed by atoms with Gasteiger partial charge in [0.2, 0.25) is 5.91 Å². The molecule has 0 aliphatic carbocycles. The highest BCUT2D eigenvalue weighted by Gasteiger charge is 2.22. The molecule has 5 heteroatoms. The van der Waals surface area contributed by atoms with Crippen molar-refractivity contribution >= 4 is 11.9 Å². The van der Waals surface area contributed by atoms with Crippen LogP contribution >= 0.6 is 0 Å². The fourth-order valence-corrected chi connectivity index (χ4v) is 2.54. The van der Waals surface area contributed by atoms with Gasteiger partial charge in [0.15, 0.2) is 0 Å². The van der Waals surface area contributed by atoms with E-state index in [2.05, 4.69) is 22.3 Å². The number of carbonyl (C=O) groups excluding carboxylic acids is 2. The molecule has 1 aliphatic rings. The Morgan fingerprint density at radius 1 is 1.37 bits per heavy atom. The first-order chi connectivity index (χ1) is 9.02. The maximum Gasteiger partial charge on any atom is 0.307 e. The first-order valence-corrected chi connectivity index (χ1v) is 7.09. The lowest BCUT2D eigenvalue weighted by atomic mass is 9.85. The van der Waals surface area contributed by atoms with Crippen LogP contribution in [0.3, 0.4) is 0 Å². The number of amides is 1. The zero-order chi connectivity index (χ0) is 14.3. The van der Waals surface area contributed by atoms with Gasteiger partial charge in [0.05, 0.1) is 13.5 Å². The molecule has 1 amide bonds. The van der Waals surface area contributed by atoms with Crippen LogP contribution in [-0.4, -0.2) is 38.1 Å². The summed E-state index contributed by atoms with van der Waals surface area (Å²) in [6.07, 6.45) is 3.13. The second kappa shape index (κ2) is 8.15. The lowest BCUT2D eigenvalue weighted by Crippen LogP contribution is -2.38. The minimum absolute atomic E-state index is 0.0227. The van der Waals surface area contributed by atoms with Gasteiger partial charge >= 0.3 is 5.97 Å². The Hall–Kier alpha value is -1.10. The predicted molar refractivity (Wildman–Crippen MR) is 73.6 cm³/mol. The fourth-order valence-electron chi connectivity index (χ4n) is 2.54. The smallest absolute Gasteiger partial charge is 0.307 e. The molecule has 0 spiro atoms. The highest BCUT2D eigenvalue weighted by Crippen LogP contribution is 2.22. The first kappa shape index (κ1) is 16.0. The van der Waals surface area contributed by atoms with Gasteiger partial charge in [-0.15, -0.1) is 0 Å². The molecular formula is C14H26N2O3. The molecular weight excluding hydrogens is 244 g/mol. The molecule has 2 N–H and O–H groups in total. The molecule has 1 fully saturated rings. The third-order valence-corrected chi connectivity index (χ3v) is 3.76. The number of ether oxygens (including phenoxy) is 1. The number of hydrogen-bond donors (Lipinski definition) is 2. The lowest BCUT2D eigenvalue weighted by Gasteiger charge is -2.28. The molecule has 0 aromatic heterocycles. The van der Waals surface area contributed by atoms with Gasteiger partial charge in [0.25, 0.3) is 0 Å². The average Bonchev–Trinajstić information content (AvgIpc) is 2.39. The van der Waals surface area contributed by atoms with Crippen molar-refractivity contribution in [1.29, 1.82) is 0 Å². The van der Waals surface area contributed by atoms with Gasteiger partial charge in [-0.2, -0.15) is 0 Å². The molecule has 1 rings (SSSR count). The molecule has 3 unspecified atom stereocenters. The van der Waals surface area contributed by atoms with Crippen LogP contribution in [0.25, 0.3) is 0 Å². The van der Waals surface area contributed by atoms with Crippen LogP contribution in [0.15, 0.2) is 0 Å². The van der Waals surface area contributed by atoms with Gasteiger partial charge in [-0.25, -0.2) is 0 Å². The van der Waals surface area contributed by atoms with E-state index in [4.69, 9.17) is 0 Å². The zero-order valence-corrected chi connectivity index (χ0v) is 12.2. The summed E-state index contributed by atoms with van der Waals surface area (Å²) in [5.41, 5.74) is 0. The molecule has 0 aromatic rings. The highest BCUT2D eigenvalue weighted by molar-refractivity contribution is 5.77. The van der Waals surface area contributed by atoms with Crippen molar-refractivity contribution in [2.75, 3.05) is 20.2 Å². The number of hydrogen-bond acceptors (Lipinski definition) is 4. The summed E-state index contributed by atoms with van der Waals surface area (Å²) in [5, 5.41) is 6.23. The molecule has 0 bridgehead atoms. The van der Waals surface area contributed by atoms with E-state index < -0.39 is 0 Å². The Morgan fingerprint density at radius 2 is 2.11 bits per heavy atom. The molecule has 0 aromatic carbocycles. The predicted octanol–water partition coefficient (Wildman–Crippen LogP) is 1.08. The maximum atomic E-state index is 11.9. The van der Waals surface area contributed by atoms with Gasteiger partial charge in [0.1, 0.15) is 0 Å². The van der Waals surface area contributed by atoms with E-state index >= 15 is 0 Å². The zero-order valence-electron chi connectivity index (χ0n) is 12.2. The SMILES string of the molecule is COC(=O)CC(C)NC(=O)CC(C)C1CCCNC1. The Bertz CT molecular complexity index is 301. The van der Waals surface area contributed by atoms with E-state index in [1.807, 2.05) is 6.92 Å². The first-order valence-electron chi connectivity index (χ1n) is 7.09. The summed E-state index contributed by atoms with van der Waals surface area (Å²) in [4.78, 5) is 23.0. The van der Waals surface area contributed by atoms with Crippen LogP contribution in [0.4, 0.5) is 0 Å². The maximum absolute atomic E-state index is 11.9. The van der Waals surface area contributed by atoms with Crippen molar-refractivity contribution in [3.05, 3.63) is 0 Å². The molecule has 19 heavy (non-hydrogen) atoms. The van der Waals surface area contributed by atoms with Crippen molar-refractivity contribution in [3.8, 4) is 0 Å². The fraction of sp³-hybridized carbons (Fsp3) is 0.857. The van der Waals surface area contributed by atoms with Crippen molar-refractivity contribution in [3.63, 3.8) is 0 Å². The monoisotopic (exact) mass is 270 g/mol. The van der Waals surface area contributed by atoms with E-state index in [1.54, 1.807) is 0 Å². The summed E-state index contributed by atoms with van der Waals surface area (Å²) >= 11 is 0. The summed E-state index contributed by atoms with van der Waals surface area (Å²) in [5.74, 6) is 0.681. The third-order valence-electron chi connectivity index (χ3n) is 3.76. The molecule has 3 atom stereocenters. The standard InChI is InChI=1S/C14H26N2O3/c1-10(12-5-4-6-15-9-12)7-13(17)16-11(2)8-14(18)19-3/h10-12,15H,4-9H2,1-3H3,(H,16,17). The number of methoxy groups -OCH3 is 1. The minimum atomic E-state index is -0.294. The van der Waals surface area contributed by atoms with E-state index in [1.165, 1.54) is 20.0 Å². The molecule has 1 saturated heterocycles. The van der Waals surface area contributed by atoms with E-state index in [0.29, 0.717) is 18.3 Å². The van der Waals surface area contributed by atoms with Gasteiger partial charge < -0.3 is 15.4 Å². The van der Waals surface area contributed by atoms with Crippen LogP contribution in [0.2, 0.25) is 0 Å². The Morgan fingerprint density at radius 3 is 2.68 bits per heavy atom. The molecule has 1 aliphatic heterocycles. The quantitative estimate of drug-likeness (QED) is 0.709. The van der Waals surface area contributed by atoms with Gasteiger partial charge in [-0.3, -0.25) is 9.59 Å². The molecule has 1 heterocycles. The summed E-state index contributed by atoms with van der Waals surface area (Å²) in [6.45, 7) is 6.04. The van der Waals surface area contributed by atoms with Crippen molar-refractivity contribution in [2.45, 2.75) is 45.6 Å². The third kappa shape index (κ3) is 6.05. The Kier molecular flexibility index (Phi) is 6.84. The van der Waals surface area contributed by atoms with Crippen molar-refractivity contribution in [2.24, 2.45) is 11.8 Å². The summed E-state index contributed by atoms with van der Waals surface area (Å²) in [6, 6.07) is -0.170. The van der Waals surface area contributed by atoms with Crippen LogP contribution in [0, 0.1) is 11.8 Å². The highest BCUT2D eigenvalue weighted by atomic mass is 16.5. The number of rotatable bonds is 6. The molecule has 0 saturated carbocycles. The van der Waals surface area contributed by atoms with E-state index in [0.717, 1.165) is 13.1 Å². The van der Waals surface area contributed by atoms with Crippen molar-refractivity contribution in [1.82, 2.24) is 10.6 Å². The molecule has 5 nitrogen and oxygen atoms in total. The van der Waals surface area contributed by atoms with Crippen molar-refractivity contribution < 1.29 is 14.3 Å². The van der Waals surface area contributed by atoms with E-state index in [9.17, 15) is 9.59 Å². The van der Waals surface area contributed by atoms with Crippen LogP contribution < -0.4 is 10.6 Å². The Balaban J connectivity index is 2.27. The summed E-state index contributed by atoms with van der Waals surface area (Å²) < 4.78 is 4.58. The number of nitrogens with one attached hydrogen (secondary N) is 2. The number of carbonyl (C=O) groups is 2. The second-order valence-electron chi connectivity index (χ2n) is 5.54. The van der Waals surface area contributed by atoms with Gasteiger partial charge in [-0.05, 0) is 44.7 Å².